The molecule has 2 atom stereocenters. The van der Waals surface area contributed by atoms with E-state index >= 15 is 0 Å². The van der Waals surface area contributed by atoms with E-state index in [0.717, 1.165) is 25.2 Å². The van der Waals surface area contributed by atoms with Gasteiger partial charge < -0.3 is 15.4 Å². The van der Waals surface area contributed by atoms with Gasteiger partial charge in [-0.25, -0.2) is 4.39 Å². The molecule has 0 aliphatic carbocycles. The topological polar surface area (TPSA) is 48.9 Å². The van der Waals surface area contributed by atoms with E-state index in [4.69, 9.17) is 4.74 Å². The van der Waals surface area contributed by atoms with Gasteiger partial charge in [-0.3, -0.25) is 9.89 Å². The molecular formula is C23H31FN4O. The minimum Gasteiger partial charge on any atom is -0.373 e. The van der Waals surface area contributed by atoms with Crippen LogP contribution in [0.2, 0.25) is 0 Å². The zero-order chi connectivity index (χ0) is 20.6. The molecule has 2 aromatic carbocycles. The Bertz CT molecular complexity index is 816. The van der Waals surface area contributed by atoms with Crippen molar-refractivity contribution in [1.82, 2.24) is 15.5 Å². The van der Waals surface area contributed by atoms with Crippen LogP contribution in [0.25, 0.3) is 0 Å². The molecule has 1 aliphatic rings. The number of hydrogen-bond acceptors (Lipinski definition) is 3. The van der Waals surface area contributed by atoms with Crippen LogP contribution in [0.5, 0.6) is 0 Å². The van der Waals surface area contributed by atoms with E-state index in [0.29, 0.717) is 19.0 Å². The Morgan fingerprint density at radius 2 is 1.72 bits per heavy atom. The summed E-state index contributed by atoms with van der Waals surface area (Å²) in [5.74, 6) is 0.464. The molecule has 29 heavy (non-hydrogen) atoms. The number of halogens is 1. The second kappa shape index (κ2) is 10.4. The van der Waals surface area contributed by atoms with Gasteiger partial charge in [0.05, 0.1) is 12.2 Å². The van der Waals surface area contributed by atoms with Gasteiger partial charge in [-0.2, -0.15) is 0 Å². The predicted octanol–water partition coefficient (Wildman–Crippen LogP) is 3.30. The van der Waals surface area contributed by atoms with Gasteiger partial charge in [0.15, 0.2) is 5.96 Å². The molecule has 1 saturated heterocycles. The molecule has 0 radical (unpaired) electrons. The second-order valence-electron chi connectivity index (χ2n) is 7.63. The molecule has 6 heteroatoms. The van der Waals surface area contributed by atoms with Crippen molar-refractivity contribution in [2.24, 2.45) is 4.99 Å². The Hall–Kier alpha value is -2.44. The highest BCUT2D eigenvalue weighted by molar-refractivity contribution is 5.79. The average molecular weight is 399 g/mol. The van der Waals surface area contributed by atoms with Gasteiger partial charge in [-0.1, -0.05) is 36.4 Å². The van der Waals surface area contributed by atoms with Crippen LogP contribution in [0.15, 0.2) is 53.5 Å². The van der Waals surface area contributed by atoms with Crippen LogP contribution in [0.4, 0.5) is 4.39 Å². The van der Waals surface area contributed by atoms with Crippen LogP contribution in [0, 0.1) is 5.82 Å². The quantitative estimate of drug-likeness (QED) is 0.579. The van der Waals surface area contributed by atoms with Crippen molar-refractivity contribution in [2.45, 2.75) is 45.7 Å². The summed E-state index contributed by atoms with van der Waals surface area (Å²) in [5, 5.41) is 6.61. The van der Waals surface area contributed by atoms with E-state index in [2.05, 4.69) is 58.6 Å². The van der Waals surface area contributed by atoms with Gasteiger partial charge >= 0.3 is 0 Å². The van der Waals surface area contributed by atoms with E-state index in [1.54, 1.807) is 13.1 Å². The lowest BCUT2D eigenvalue weighted by Crippen LogP contribution is -2.45. The van der Waals surface area contributed by atoms with E-state index in [9.17, 15) is 4.39 Å². The maximum Gasteiger partial charge on any atom is 0.191 e. The van der Waals surface area contributed by atoms with E-state index in [-0.39, 0.29) is 18.0 Å². The Balaban J connectivity index is 1.57. The summed E-state index contributed by atoms with van der Waals surface area (Å²) >= 11 is 0. The van der Waals surface area contributed by atoms with Gasteiger partial charge in [-0.15, -0.1) is 0 Å². The summed E-state index contributed by atoms with van der Waals surface area (Å²) in [5.41, 5.74) is 3.43. The summed E-state index contributed by atoms with van der Waals surface area (Å²) in [6, 6.07) is 15.1. The molecule has 3 rings (SSSR count). The Morgan fingerprint density at radius 1 is 1.03 bits per heavy atom. The molecule has 5 nitrogen and oxygen atoms in total. The summed E-state index contributed by atoms with van der Waals surface area (Å²) in [6.07, 6.45) is 0.518. The predicted molar refractivity (Wildman–Crippen MR) is 115 cm³/mol. The molecule has 2 N–H and O–H groups in total. The molecular weight excluding hydrogens is 367 g/mol. The Labute approximate surface area is 173 Å². The first kappa shape index (κ1) is 21.3. The molecule has 0 amide bonds. The molecule has 0 aromatic heterocycles. The molecule has 2 unspecified atom stereocenters. The molecule has 156 valence electrons. The van der Waals surface area contributed by atoms with Crippen LogP contribution < -0.4 is 10.6 Å². The third-order valence-corrected chi connectivity index (χ3v) is 5.03. The van der Waals surface area contributed by atoms with Crippen molar-refractivity contribution in [2.75, 3.05) is 20.1 Å². The van der Waals surface area contributed by atoms with Crippen molar-refractivity contribution in [1.29, 1.82) is 0 Å². The highest BCUT2D eigenvalue weighted by Gasteiger charge is 2.22. The number of benzene rings is 2. The van der Waals surface area contributed by atoms with Gasteiger partial charge in [0.2, 0.25) is 0 Å². The highest BCUT2D eigenvalue weighted by Crippen LogP contribution is 2.17. The fourth-order valence-corrected chi connectivity index (χ4v) is 3.77. The number of guanidine groups is 1. The fourth-order valence-electron chi connectivity index (χ4n) is 3.77. The smallest absolute Gasteiger partial charge is 0.191 e. The number of ether oxygens (including phenoxy) is 1. The monoisotopic (exact) mass is 398 g/mol. The largest absolute Gasteiger partial charge is 0.373 e. The van der Waals surface area contributed by atoms with E-state index in [1.165, 1.54) is 23.3 Å². The van der Waals surface area contributed by atoms with Gasteiger partial charge in [0, 0.05) is 39.8 Å². The third kappa shape index (κ3) is 6.54. The molecule has 0 bridgehead atoms. The lowest BCUT2D eigenvalue weighted by atomic mass is 10.1. The summed E-state index contributed by atoms with van der Waals surface area (Å²) in [6.45, 7) is 8.25. The Morgan fingerprint density at radius 3 is 2.41 bits per heavy atom. The normalized spacial score (nSPS) is 20.5. The van der Waals surface area contributed by atoms with E-state index < -0.39 is 0 Å². The second-order valence-corrected chi connectivity index (χ2v) is 7.63. The first-order chi connectivity index (χ1) is 14.0. The first-order valence-corrected chi connectivity index (χ1v) is 10.2. The molecule has 2 aromatic rings. The molecule has 0 saturated carbocycles. The zero-order valence-corrected chi connectivity index (χ0v) is 17.5. The standard InChI is InChI=1S/C23H31FN4O/c1-17-14-28(15-18(2)29-17)16-21-9-5-4-8-20(21)13-27-23(25-3)26-12-19-7-6-10-22(24)11-19/h4-11,17-18H,12-16H2,1-3H3,(H2,25,26,27). The number of nitrogens with zero attached hydrogens (tertiary/aromatic N) is 2. The highest BCUT2D eigenvalue weighted by atomic mass is 19.1. The lowest BCUT2D eigenvalue weighted by Gasteiger charge is -2.35. The van der Waals surface area contributed by atoms with Crippen LogP contribution in [-0.2, 0) is 24.4 Å². The minimum absolute atomic E-state index is 0.229. The third-order valence-electron chi connectivity index (χ3n) is 5.03. The maximum atomic E-state index is 13.3. The number of morpholine rings is 1. The van der Waals surface area contributed by atoms with Crippen molar-refractivity contribution >= 4 is 5.96 Å². The minimum atomic E-state index is -0.229. The number of aliphatic imine (C=N–C) groups is 1. The van der Waals surface area contributed by atoms with Crippen LogP contribution in [-0.4, -0.2) is 43.2 Å². The van der Waals surface area contributed by atoms with Crippen LogP contribution in [0.3, 0.4) is 0 Å². The summed E-state index contributed by atoms with van der Waals surface area (Å²) < 4.78 is 19.2. The van der Waals surface area contributed by atoms with Crippen molar-refractivity contribution in [3.05, 3.63) is 71.0 Å². The van der Waals surface area contributed by atoms with Gasteiger partial charge in [0.25, 0.3) is 0 Å². The van der Waals surface area contributed by atoms with Gasteiger partial charge in [-0.05, 0) is 42.7 Å². The Kier molecular flexibility index (Phi) is 7.61. The molecule has 1 heterocycles. The van der Waals surface area contributed by atoms with Crippen molar-refractivity contribution in [3.63, 3.8) is 0 Å². The fraction of sp³-hybridized carbons (Fsp3) is 0.435. The number of nitrogens with one attached hydrogen (secondary N) is 2. The zero-order valence-electron chi connectivity index (χ0n) is 17.5. The van der Waals surface area contributed by atoms with Crippen LogP contribution in [0.1, 0.15) is 30.5 Å². The molecule has 1 fully saturated rings. The van der Waals surface area contributed by atoms with Crippen molar-refractivity contribution < 1.29 is 9.13 Å². The maximum absolute atomic E-state index is 13.3. The summed E-state index contributed by atoms with van der Waals surface area (Å²) in [7, 11) is 1.74. The first-order valence-electron chi connectivity index (χ1n) is 10.2. The summed E-state index contributed by atoms with van der Waals surface area (Å²) in [4.78, 5) is 6.73. The molecule has 0 spiro atoms. The number of rotatable bonds is 6. The number of hydrogen-bond donors (Lipinski definition) is 2. The lowest BCUT2D eigenvalue weighted by molar-refractivity contribution is -0.0705. The average Bonchev–Trinajstić information content (AvgIpc) is 2.68. The van der Waals surface area contributed by atoms with Crippen LogP contribution >= 0.6 is 0 Å². The SMILES string of the molecule is CN=C(NCc1cccc(F)c1)NCc1ccccc1CN1CC(C)OC(C)C1. The van der Waals surface area contributed by atoms with Gasteiger partial charge in [0.1, 0.15) is 5.82 Å². The van der Waals surface area contributed by atoms with Crippen molar-refractivity contribution in [3.8, 4) is 0 Å². The molecule has 1 aliphatic heterocycles. The van der Waals surface area contributed by atoms with E-state index in [1.807, 2.05) is 6.07 Å².